The maximum atomic E-state index is 11.8. The van der Waals surface area contributed by atoms with Crippen molar-refractivity contribution < 1.29 is 39.6 Å². The number of aliphatic carboxylic acids is 4. The highest BCUT2D eigenvalue weighted by atomic mass is 16.4. The number of rotatable bonds is 11. The zero-order chi connectivity index (χ0) is 28.2. The Morgan fingerprint density at radius 3 is 1.58 bits per heavy atom. The Hall–Kier alpha value is -3.32. The molecule has 1 aromatic rings. The maximum Gasteiger partial charge on any atom is 0.317 e. The molecule has 12 heteroatoms. The highest BCUT2D eigenvalue weighted by molar-refractivity contribution is 5.70. The van der Waals surface area contributed by atoms with Gasteiger partial charge in [0.1, 0.15) is 0 Å². The van der Waals surface area contributed by atoms with E-state index in [4.69, 9.17) is 0 Å². The molecule has 0 bridgehead atoms. The lowest BCUT2D eigenvalue weighted by atomic mass is 10.0. The van der Waals surface area contributed by atoms with Crippen molar-refractivity contribution >= 4 is 29.5 Å². The lowest BCUT2D eigenvalue weighted by Gasteiger charge is -2.37. The number of carboxylic acid groups (broad SMARTS) is 4. The summed E-state index contributed by atoms with van der Waals surface area (Å²) in [4.78, 5) is 53.1. The second-order valence-electron chi connectivity index (χ2n) is 9.67. The first-order valence-corrected chi connectivity index (χ1v) is 12.5. The molecule has 0 amide bonds. The molecule has 210 valence electrons. The van der Waals surface area contributed by atoms with Crippen molar-refractivity contribution in [3.05, 3.63) is 42.0 Å². The molecule has 0 aliphatic carbocycles. The summed E-state index contributed by atoms with van der Waals surface area (Å²) in [6, 6.07) is 7.35. The molecule has 0 aromatic heterocycles. The average Bonchev–Trinajstić information content (AvgIpc) is 2.80. The normalized spacial score (nSPS) is 19.2. The van der Waals surface area contributed by atoms with Gasteiger partial charge in [-0.05, 0) is 24.5 Å². The first-order chi connectivity index (χ1) is 17.9. The largest absolute Gasteiger partial charge is 0.480 e. The van der Waals surface area contributed by atoms with Crippen molar-refractivity contribution in [2.45, 2.75) is 19.4 Å². The summed E-state index contributed by atoms with van der Waals surface area (Å²) < 4.78 is 0. The van der Waals surface area contributed by atoms with Crippen LogP contribution in [0.25, 0.3) is 5.57 Å². The predicted octanol–water partition coefficient (Wildman–Crippen LogP) is 0.191. The van der Waals surface area contributed by atoms with E-state index in [1.165, 1.54) is 0 Å². The maximum absolute atomic E-state index is 11.8. The van der Waals surface area contributed by atoms with Gasteiger partial charge >= 0.3 is 23.9 Å². The molecule has 0 spiro atoms. The fraction of sp³-hybridized carbons (Fsp3) is 0.538. The van der Waals surface area contributed by atoms with E-state index in [9.17, 15) is 39.6 Å². The molecule has 1 aromatic carbocycles. The molecule has 1 heterocycles. The van der Waals surface area contributed by atoms with E-state index in [0.717, 1.165) is 16.7 Å². The molecule has 4 N–H and O–H groups in total. The van der Waals surface area contributed by atoms with Crippen molar-refractivity contribution in [1.82, 2.24) is 19.6 Å². The number of hydrogen-bond acceptors (Lipinski definition) is 8. The Bertz CT molecular complexity index is 984. The molecule has 1 aliphatic heterocycles. The van der Waals surface area contributed by atoms with Gasteiger partial charge in [0.15, 0.2) is 0 Å². The van der Waals surface area contributed by atoms with Crippen molar-refractivity contribution in [2.75, 3.05) is 72.0 Å². The van der Waals surface area contributed by atoms with Crippen LogP contribution in [0.15, 0.2) is 30.8 Å². The zero-order valence-corrected chi connectivity index (χ0v) is 21.8. The van der Waals surface area contributed by atoms with E-state index in [2.05, 4.69) is 6.58 Å². The van der Waals surface area contributed by atoms with E-state index in [1.54, 1.807) is 19.6 Å². The lowest BCUT2D eigenvalue weighted by Crippen LogP contribution is -2.53. The van der Waals surface area contributed by atoms with Gasteiger partial charge in [0.25, 0.3) is 0 Å². The molecule has 0 unspecified atom stereocenters. The van der Waals surface area contributed by atoms with Crippen LogP contribution in [0, 0.1) is 0 Å². The van der Waals surface area contributed by atoms with Gasteiger partial charge in [-0.25, -0.2) is 0 Å². The van der Waals surface area contributed by atoms with E-state index in [-0.39, 0.29) is 78.0 Å². The summed E-state index contributed by atoms with van der Waals surface area (Å²) in [6.45, 7) is 6.55. The standard InChI is InChI=1S/C26H38N4O8/c1-19(2)21-5-3-20(4-6-21)13-22-14-29(17-25(35)36)10-9-27(15-23(31)32)7-8-28(16-24(33)34)11-12-30(22)18-26(37)38/h3-6,22H,1,7-18H2,2H3,(H,31,32)(H,33,34)(H,35,36)(H,37,38)/t22-/m0/s1. The first-order valence-electron chi connectivity index (χ1n) is 12.5. The van der Waals surface area contributed by atoms with Gasteiger partial charge in [0, 0.05) is 51.9 Å². The number of hydrogen-bond donors (Lipinski definition) is 4. The Kier molecular flexibility index (Phi) is 12.3. The third-order valence-corrected chi connectivity index (χ3v) is 6.49. The molecule has 1 aliphatic rings. The summed E-state index contributed by atoms with van der Waals surface area (Å²) in [5.74, 6) is -4.14. The quantitative estimate of drug-likeness (QED) is 0.305. The average molecular weight is 535 g/mol. The van der Waals surface area contributed by atoms with Gasteiger partial charge in [0.05, 0.1) is 26.2 Å². The van der Waals surface area contributed by atoms with Gasteiger partial charge in [-0.15, -0.1) is 0 Å². The molecular weight excluding hydrogens is 496 g/mol. The van der Waals surface area contributed by atoms with Crippen molar-refractivity contribution in [3.8, 4) is 0 Å². The third-order valence-electron chi connectivity index (χ3n) is 6.49. The fourth-order valence-corrected chi connectivity index (χ4v) is 4.55. The molecular formula is C26H38N4O8. The van der Waals surface area contributed by atoms with Gasteiger partial charge in [-0.3, -0.25) is 38.8 Å². The monoisotopic (exact) mass is 534 g/mol. The molecule has 0 saturated carbocycles. The van der Waals surface area contributed by atoms with Gasteiger partial charge in [0.2, 0.25) is 0 Å². The molecule has 0 radical (unpaired) electrons. The van der Waals surface area contributed by atoms with Crippen LogP contribution in [0.2, 0.25) is 0 Å². The minimum absolute atomic E-state index is 0.238. The van der Waals surface area contributed by atoms with E-state index in [1.807, 2.05) is 31.2 Å². The summed E-state index contributed by atoms with van der Waals surface area (Å²) in [5.41, 5.74) is 2.82. The SMILES string of the molecule is C=C(C)c1ccc(C[C@H]2CN(CC(=O)O)CCN(CC(=O)O)CCN(CC(=O)O)CCN2CC(=O)O)cc1. The second kappa shape index (κ2) is 15.2. The highest BCUT2D eigenvalue weighted by Gasteiger charge is 2.27. The number of benzene rings is 1. The Balaban J connectivity index is 2.41. The van der Waals surface area contributed by atoms with E-state index < -0.39 is 23.9 Å². The summed E-state index contributed by atoms with van der Waals surface area (Å²) >= 11 is 0. The van der Waals surface area contributed by atoms with Crippen LogP contribution in [0.1, 0.15) is 18.1 Å². The molecule has 12 nitrogen and oxygen atoms in total. The van der Waals surface area contributed by atoms with Crippen LogP contribution in [0.5, 0.6) is 0 Å². The minimum atomic E-state index is -1.04. The summed E-state index contributed by atoms with van der Waals surface area (Å²) in [5, 5.41) is 37.9. The van der Waals surface area contributed by atoms with Crippen LogP contribution in [-0.4, -0.2) is 142 Å². The number of carbonyl (C=O) groups is 4. The third kappa shape index (κ3) is 11.4. The van der Waals surface area contributed by atoms with E-state index in [0.29, 0.717) is 6.42 Å². The molecule has 2 rings (SSSR count). The van der Waals surface area contributed by atoms with Gasteiger partial charge in [-0.2, -0.15) is 0 Å². The van der Waals surface area contributed by atoms with Crippen LogP contribution >= 0.6 is 0 Å². The van der Waals surface area contributed by atoms with Gasteiger partial charge in [-0.1, -0.05) is 36.4 Å². The van der Waals surface area contributed by atoms with Crippen LogP contribution < -0.4 is 0 Å². The van der Waals surface area contributed by atoms with Crippen LogP contribution in [0.3, 0.4) is 0 Å². The molecule has 38 heavy (non-hydrogen) atoms. The molecule has 1 saturated heterocycles. The predicted molar refractivity (Wildman–Crippen MR) is 140 cm³/mol. The number of nitrogens with zero attached hydrogens (tertiary/aromatic N) is 4. The van der Waals surface area contributed by atoms with Crippen molar-refractivity contribution in [3.63, 3.8) is 0 Å². The summed E-state index contributed by atoms with van der Waals surface area (Å²) in [7, 11) is 0. The van der Waals surface area contributed by atoms with Crippen LogP contribution in [-0.2, 0) is 25.6 Å². The topological polar surface area (TPSA) is 162 Å². The minimum Gasteiger partial charge on any atom is -0.480 e. The van der Waals surface area contributed by atoms with E-state index >= 15 is 0 Å². The zero-order valence-electron chi connectivity index (χ0n) is 21.8. The molecule has 1 fully saturated rings. The Morgan fingerprint density at radius 2 is 1.13 bits per heavy atom. The fourth-order valence-electron chi connectivity index (χ4n) is 4.55. The second-order valence-corrected chi connectivity index (χ2v) is 9.67. The molecule has 1 atom stereocenters. The van der Waals surface area contributed by atoms with Crippen molar-refractivity contribution in [1.29, 1.82) is 0 Å². The first kappa shape index (κ1) is 30.9. The summed E-state index contributed by atoms with van der Waals surface area (Å²) in [6.07, 6.45) is 0.442. The van der Waals surface area contributed by atoms with Gasteiger partial charge < -0.3 is 20.4 Å². The lowest BCUT2D eigenvalue weighted by molar-refractivity contribution is -0.142. The Morgan fingerprint density at radius 1 is 0.711 bits per heavy atom. The Labute approximate surface area is 222 Å². The number of carboxylic acids is 4. The number of allylic oxidation sites excluding steroid dienone is 1. The van der Waals surface area contributed by atoms with Crippen molar-refractivity contribution in [2.24, 2.45) is 0 Å². The van der Waals surface area contributed by atoms with Crippen LogP contribution in [0.4, 0.5) is 0 Å². The smallest absolute Gasteiger partial charge is 0.317 e. The highest BCUT2D eigenvalue weighted by Crippen LogP contribution is 2.17.